The Hall–Kier alpha value is -3.02. The molecule has 3 aromatic rings. The third-order valence-electron chi connectivity index (χ3n) is 4.85. The van der Waals surface area contributed by atoms with Crippen LogP contribution in [0.3, 0.4) is 0 Å². The smallest absolute Gasteiger partial charge is 0.255 e. The summed E-state index contributed by atoms with van der Waals surface area (Å²) in [5.74, 6) is -0.0926. The van der Waals surface area contributed by atoms with Gasteiger partial charge in [-0.3, -0.25) is 9.78 Å². The fourth-order valence-corrected chi connectivity index (χ4v) is 3.10. The van der Waals surface area contributed by atoms with Crippen LogP contribution in [-0.4, -0.2) is 29.1 Å². The Kier molecular flexibility index (Phi) is 7.11. The van der Waals surface area contributed by atoms with E-state index in [0.717, 1.165) is 40.9 Å². The van der Waals surface area contributed by atoms with Gasteiger partial charge in [-0.1, -0.05) is 35.9 Å². The van der Waals surface area contributed by atoms with Gasteiger partial charge < -0.3 is 15.7 Å². The van der Waals surface area contributed by atoms with E-state index in [0.29, 0.717) is 12.1 Å². The first-order valence-corrected chi connectivity index (χ1v) is 9.79. The second kappa shape index (κ2) is 9.96. The topological polar surface area (TPSA) is 74.2 Å². The number of rotatable bonds is 8. The van der Waals surface area contributed by atoms with E-state index in [2.05, 4.69) is 15.6 Å². The van der Waals surface area contributed by atoms with Gasteiger partial charge in [0.15, 0.2) is 0 Å². The summed E-state index contributed by atoms with van der Waals surface area (Å²) in [6.07, 6.45) is 3.65. The Balaban J connectivity index is 1.46. The molecule has 5 heteroatoms. The molecule has 5 nitrogen and oxygen atoms in total. The van der Waals surface area contributed by atoms with Crippen LogP contribution in [-0.2, 0) is 6.42 Å². The number of nitrogens with one attached hydrogen (secondary N) is 2. The molecule has 3 rings (SSSR count). The van der Waals surface area contributed by atoms with Crippen molar-refractivity contribution in [2.45, 2.75) is 26.4 Å². The molecule has 1 heterocycles. The molecule has 0 radical (unpaired) electrons. The van der Waals surface area contributed by atoms with E-state index < -0.39 is 6.10 Å². The van der Waals surface area contributed by atoms with Crippen molar-refractivity contribution in [2.24, 2.45) is 0 Å². The van der Waals surface area contributed by atoms with Crippen LogP contribution in [0.4, 0.5) is 5.69 Å². The summed E-state index contributed by atoms with van der Waals surface area (Å²) in [5.41, 5.74) is 5.48. The largest absolute Gasteiger partial charge is 0.387 e. The van der Waals surface area contributed by atoms with Gasteiger partial charge in [0, 0.05) is 35.8 Å². The van der Waals surface area contributed by atoms with Gasteiger partial charge in [-0.15, -0.1) is 0 Å². The number of benzene rings is 2. The first-order chi connectivity index (χ1) is 14.0. The van der Waals surface area contributed by atoms with Gasteiger partial charge in [0.25, 0.3) is 5.91 Å². The standard InChI is InChI=1S/C24H27N3O2/c1-17-5-6-18(2)22(14-17)24(29)27-21-9-7-19(8-10-21)11-13-26-16-23(28)20-4-3-12-25-15-20/h3-10,12,14-15,23,26,28H,11,13,16H2,1-2H3,(H,27,29)/t23-/m0/s1. The highest BCUT2D eigenvalue weighted by atomic mass is 16.3. The molecule has 1 amide bonds. The SMILES string of the molecule is Cc1ccc(C)c(C(=O)Nc2ccc(CCNC[C@H](O)c3cccnc3)cc2)c1. The second-order valence-corrected chi connectivity index (χ2v) is 7.23. The van der Waals surface area contributed by atoms with Gasteiger partial charge in [0.05, 0.1) is 6.10 Å². The number of aliphatic hydroxyl groups excluding tert-OH is 1. The zero-order chi connectivity index (χ0) is 20.6. The van der Waals surface area contributed by atoms with Crippen LogP contribution in [0.1, 0.15) is 38.7 Å². The van der Waals surface area contributed by atoms with Crippen molar-refractivity contribution >= 4 is 11.6 Å². The number of aliphatic hydroxyl groups is 1. The first-order valence-electron chi connectivity index (χ1n) is 9.79. The Labute approximate surface area is 171 Å². The maximum absolute atomic E-state index is 12.5. The zero-order valence-electron chi connectivity index (χ0n) is 16.9. The third-order valence-corrected chi connectivity index (χ3v) is 4.85. The van der Waals surface area contributed by atoms with Crippen LogP contribution in [0.25, 0.3) is 0 Å². The monoisotopic (exact) mass is 389 g/mol. The van der Waals surface area contributed by atoms with Gasteiger partial charge in [-0.2, -0.15) is 0 Å². The quantitative estimate of drug-likeness (QED) is 0.512. The maximum Gasteiger partial charge on any atom is 0.255 e. The Morgan fingerprint density at radius 3 is 2.62 bits per heavy atom. The van der Waals surface area contributed by atoms with Crippen LogP contribution in [0.5, 0.6) is 0 Å². The zero-order valence-corrected chi connectivity index (χ0v) is 16.9. The molecule has 0 fully saturated rings. The van der Waals surface area contributed by atoms with Gasteiger partial charge in [0.2, 0.25) is 0 Å². The summed E-state index contributed by atoms with van der Waals surface area (Å²) in [6, 6.07) is 17.4. The number of aryl methyl sites for hydroxylation is 2. The molecule has 1 aromatic heterocycles. The highest BCUT2D eigenvalue weighted by Crippen LogP contribution is 2.15. The van der Waals surface area contributed by atoms with Crippen molar-refractivity contribution < 1.29 is 9.90 Å². The lowest BCUT2D eigenvalue weighted by Crippen LogP contribution is -2.23. The van der Waals surface area contributed by atoms with Crippen LogP contribution < -0.4 is 10.6 Å². The Morgan fingerprint density at radius 1 is 1.10 bits per heavy atom. The summed E-state index contributed by atoms with van der Waals surface area (Å²) in [7, 11) is 0. The maximum atomic E-state index is 12.5. The van der Waals surface area contributed by atoms with Gasteiger partial charge >= 0.3 is 0 Å². The molecule has 150 valence electrons. The van der Waals surface area contributed by atoms with Gasteiger partial charge in [-0.05, 0) is 62.2 Å². The van der Waals surface area contributed by atoms with E-state index >= 15 is 0 Å². The molecule has 3 N–H and O–H groups in total. The molecule has 0 saturated carbocycles. The van der Waals surface area contributed by atoms with Crippen molar-refractivity contribution in [3.05, 3.63) is 94.8 Å². The third kappa shape index (κ3) is 5.98. The molecular formula is C24H27N3O2. The number of pyridine rings is 1. The molecule has 2 aromatic carbocycles. The minimum atomic E-state index is -0.564. The van der Waals surface area contributed by atoms with Crippen LogP contribution in [0.2, 0.25) is 0 Å². The average molecular weight is 389 g/mol. The van der Waals surface area contributed by atoms with Crippen molar-refractivity contribution in [3.63, 3.8) is 0 Å². The van der Waals surface area contributed by atoms with Crippen LogP contribution in [0.15, 0.2) is 67.0 Å². The fourth-order valence-electron chi connectivity index (χ4n) is 3.10. The Morgan fingerprint density at radius 2 is 1.90 bits per heavy atom. The predicted molar refractivity (Wildman–Crippen MR) is 116 cm³/mol. The molecule has 0 aliphatic heterocycles. The number of anilines is 1. The summed E-state index contributed by atoms with van der Waals surface area (Å²) < 4.78 is 0. The average Bonchev–Trinajstić information content (AvgIpc) is 2.74. The van der Waals surface area contributed by atoms with E-state index in [1.165, 1.54) is 0 Å². The Bertz CT molecular complexity index is 940. The van der Waals surface area contributed by atoms with Gasteiger partial charge in [0.1, 0.15) is 0 Å². The molecule has 1 atom stereocenters. The first kappa shape index (κ1) is 20.7. The predicted octanol–water partition coefficient (Wildman–Crippen LogP) is 3.82. The molecule has 29 heavy (non-hydrogen) atoms. The van der Waals surface area contributed by atoms with E-state index in [1.807, 2.05) is 68.4 Å². The molecule has 0 aliphatic carbocycles. The lowest BCUT2D eigenvalue weighted by Gasteiger charge is -2.12. The summed E-state index contributed by atoms with van der Waals surface area (Å²) in [5, 5.41) is 16.4. The van der Waals surface area contributed by atoms with E-state index in [1.54, 1.807) is 12.4 Å². The van der Waals surface area contributed by atoms with Crippen molar-refractivity contribution in [1.29, 1.82) is 0 Å². The molecule has 0 unspecified atom stereocenters. The van der Waals surface area contributed by atoms with Crippen LogP contribution >= 0.6 is 0 Å². The number of carbonyl (C=O) groups excluding carboxylic acids is 1. The number of carbonyl (C=O) groups is 1. The number of nitrogens with zero attached hydrogens (tertiary/aromatic N) is 1. The van der Waals surface area contributed by atoms with Crippen molar-refractivity contribution in [2.75, 3.05) is 18.4 Å². The molecule has 0 bridgehead atoms. The minimum Gasteiger partial charge on any atom is -0.387 e. The highest BCUT2D eigenvalue weighted by Gasteiger charge is 2.10. The summed E-state index contributed by atoms with van der Waals surface area (Å²) in [4.78, 5) is 16.5. The minimum absolute atomic E-state index is 0.0926. The lowest BCUT2D eigenvalue weighted by atomic mass is 10.0. The summed E-state index contributed by atoms with van der Waals surface area (Å²) >= 11 is 0. The molecule has 0 spiro atoms. The van der Waals surface area contributed by atoms with Crippen molar-refractivity contribution in [3.8, 4) is 0 Å². The highest BCUT2D eigenvalue weighted by molar-refractivity contribution is 6.05. The molecule has 0 aliphatic rings. The van der Waals surface area contributed by atoms with E-state index in [4.69, 9.17) is 0 Å². The molecule has 0 saturated heterocycles. The fraction of sp³-hybridized carbons (Fsp3) is 0.250. The number of amides is 1. The number of aromatic nitrogens is 1. The van der Waals surface area contributed by atoms with E-state index in [-0.39, 0.29) is 5.91 Å². The summed E-state index contributed by atoms with van der Waals surface area (Å²) in [6.45, 7) is 5.16. The normalized spacial score (nSPS) is 11.8. The van der Waals surface area contributed by atoms with Crippen molar-refractivity contribution in [1.82, 2.24) is 10.3 Å². The van der Waals surface area contributed by atoms with Crippen LogP contribution in [0, 0.1) is 13.8 Å². The van der Waals surface area contributed by atoms with Gasteiger partial charge in [-0.25, -0.2) is 0 Å². The van der Waals surface area contributed by atoms with E-state index in [9.17, 15) is 9.90 Å². The molecular weight excluding hydrogens is 362 g/mol. The number of hydrogen-bond acceptors (Lipinski definition) is 4. The second-order valence-electron chi connectivity index (χ2n) is 7.23. The lowest BCUT2D eigenvalue weighted by molar-refractivity contribution is 0.102. The number of hydrogen-bond donors (Lipinski definition) is 3.